The number of ether oxygens (including phenoxy) is 9. The van der Waals surface area contributed by atoms with Crippen LogP contribution in [0.2, 0.25) is 0 Å². The van der Waals surface area contributed by atoms with Gasteiger partial charge in [0, 0.05) is 57.0 Å². The summed E-state index contributed by atoms with van der Waals surface area (Å²) >= 11 is 0. The molecule has 6 rings (SSSR count). The molecular formula is C84H126N12O18. The molecule has 0 unspecified atom stereocenters. The number of rotatable bonds is 41. The molecule has 6 amide bonds. The van der Waals surface area contributed by atoms with Crippen molar-refractivity contribution < 1.29 is 85.8 Å². The van der Waals surface area contributed by atoms with Crippen LogP contribution in [-0.4, -0.2) is 184 Å². The molecular weight excluding hydrogens is 1460 g/mol. The molecule has 3 heterocycles. The fraction of sp³-hybridized carbons (Fsp3) is 0.571. The van der Waals surface area contributed by atoms with Crippen molar-refractivity contribution in [1.29, 1.82) is 0 Å². The molecule has 30 heteroatoms. The van der Waals surface area contributed by atoms with Gasteiger partial charge in [0.15, 0.2) is 17.1 Å². The normalized spacial score (nSPS) is 12.1. The number of esters is 3. The van der Waals surface area contributed by atoms with Crippen LogP contribution in [-0.2, 0) is 62.6 Å². The molecule has 114 heavy (non-hydrogen) atoms. The molecule has 0 aliphatic carbocycles. The summed E-state index contributed by atoms with van der Waals surface area (Å²) in [7, 11) is 13.3. The van der Waals surface area contributed by atoms with Crippen molar-refractivity contribution in [3.8, 4) is 68.3 Å². The fourth-order valence-corrected chi connectivity index (χ4v) is 12.3. The Hall–Kier alpha value is -10.7. The summed E-state index contributed by atoms with van der Waals surface area (Å²) in [5.41, 5.74) is 4.64. The Balaban J connectivity index is 0.000000360. The van der Waals surface area contributed by atoms with Gasteiger partial charge in [0.25, 0.3) is 17.7 Å². The second-order valence-electron chi connectivity index (χ2n) is 31.5. The molecule has 0 spiro atoms. The summed E-state index contributed by atoms with van der Waals surface area (Å²) in [4.78, 5) is 112. The first-order chi connectivity index (χ1) is 53.8. The lowest BCUT2D eigenvalue weighted by molar-refractivity contribution is -0.141. The maximum absolute atomic E-state index is 13.5. The lowest BCUT2D eigenvalue weighted by Crippen LogP contribution is -2.41. The Morgan fingerprint density at radius 2 is 0.632 bits per heavy atom. The minimum Gasteiger partial charge on any atom is -0.496 e. The Kier molecular flexibility index (Phi) is 38.5. The molecule has 6 N–H and O–H groups in total. The van der Waals surface area contributed by atoms with E-state index >= 15 is 0 Å². The van der Waals surface area contributed by atoms with Crippen LogP contribution in [0.5, 0.6) is 34.5 Å². The SMILES string of the molecule is CCC(C)(C)Cn1nc(C(=O)N[C@H](CC(=O)NCC(=O)OC)CC(C)C)cc1-c1c(OC)cccc1OC.CCC(C)(CC)Cn1nc(C(=O)N[C@H](CC(=O)NCC(=O)OC)CC(C)C)cc1-c1c(OC)cccc1OC.COC(=O)CNC(=O)C[C@H](CC(C)C)NC(=O)c1cc(-c2c(OC)cccc2OC)n(CC(C)(C)C)n1. The lowest BCUT2D eigenvalue weighted by Gasteiger charge is -2.27. The van der Waals surface area contributed by atoms with E-state index in [-0.39, 0.29) is 120 Å². The van der Waals surface area contributed by atoms with Crippen LogP contribution in [0.4, 0.5) is 0 Å². The third-order valence-electron chi connectivity index (χ3n) is 19.0. The molecule has 6 aromatic rings. The first kappa shape index (κ1) is 95.7. The van der Waals surface area contributed by atoms with Crippen molar-refractivity contribution in [1.82, 2.24) is 61.2 Å². The number of benzene rings is 3. The van der Waals surface area contributed by atoms with Crippen molar-refractivity contribution in [3.63, 3.8) is 0 Å². The summed E-state index contributed by atoms with van der Waals surface area (Å²) in [5.74, 6) is 0.463. The number of carbonyl (C=O) groups excluding carboxylic acids is 9. The highest BCUT2D eigenvalue weighted by atomic mass is 16.5. The van der Waals surface area contributed by atoms with Crippen molar-refractivity contribution in [2.45, 2.75) is 199 Å². The molecule has 0 fully saturated rings. The lowest BCUT2D eigenvalue weighted by atomic mass is 9.84. The van der Waals surface area contributed by atoms with Gasteiger partial charge in [-0.05, 0) is 127 Å². The van der Waals surface area contributed by atoms with E-state index in [1.165, 1.54) is 21.3 Å². The van der Waals surface area contributed by atoms with E-state index in [1.807, 2.05) is 106 Å². The van der Waals surface area contributed by atoms with Crippen LogP contribution in [0, 0.1) is 34.0 Å². The van der Waals surface area contributed by atoms with Crippen LogP contribution in [0.1, 0.15) is 193 Å². The van der Waals surface area contributed by atoms with E-state index in [1.54, 1.807) is 65.5 Å². The largest absolute Gasteiger partial charge is 0.496 e. The summed E-state index contributed by atoms with van der Waals surface area (Å²) < 4.78 is 52.9. The van der Waals surface area contributed by atoms with E-state index < -0.39 is 41.9 Å². The second kappa shape index (κ2) is 45.9. The predicted octanol–water partition coefficient (Wildman–Crippen LogP) is 11.5. The molecule has 0 bridgehead atoms. The summed E-state index contributed by atoms with van der Waals surface area (Å²) in [6, 6.07) is 20.4. The number of carbonyl (C=O) groups is 9. The highest BCUT2D eigenvalue weighted by Crippen LogP contribution is 2.43. The number of hydrogen-bond donors (Lipinski definition) is 6. The number of nitrogens with one attached hydrogen (secondary N) is 6. The number of hydrogen-bond acceptors (Lipinski definition) is 21. The van der Waals surface area contributed by atoms with Gasteiger partial charge in [0.1, 0.15) is 54.1 Å². The van der Waals surface area contributed by atoms with Crippen LogP contribution >= 0.6 is 0 Å². The smallest absolute Gasteiger partial charge is 0.325 e. The molecule has 0 radical (unpaired) electrons. The van der Waals surface area contributed by atoms with Gasteiger partial charge in [-0.25, -0.2) is 0 Å². The molecule has 630 valence electrons. The van der Waals surface area contributed by atoms with Crippen LogP contribution in [0.15, 0.2) is 72.8 Å². The molecule has 3 aromatic heterocycles. The average Bonchev–Trinajstić information content (AvgIpc) is 1.49. The Bertz CT molecular complexity index is 4080. The summed E-state index contributed by atoms with van der Waals surface area (Å²) in [6.45, 7) is 32.3. The number of aromatic nitrogens is 6. The zero-order valence-corrected chi connectivity index (χ0v) is 71.5. The zero-order valence-electron chi connectivity index (χ0n) is 71.5. The number of methoxy groups -OCH3 is 9. The van der Waals surface area contributed by atoms with Crippen LogP contribution in [0.3, 0.4) is 0 Å². The maximum atomic E-state index is 13.5. The van der Waals surface area contributed by atoms with Gasteiger partial charge in [0.2, 0.25) is 17.7 Å². The molecule has 3 atom stereocenters. The van der Waals surface area contributed by atoms with Gasteiger partial charge in [-0.15, -0.1) is 0 Å². The van der Waals surface area contributed by atoms with Crippen molar-refractivity contribution in [2.24, 2.45) is 34.0 Å². The quantitative estimate of drug-likeness (QED) is 0.0153. The first-order valence-corrected chi connectivity index (χ1v) is 38.6. The molecule has 0 aliphatic heterocycles. The Labute approximate surface area is 672 Å². The second-order valence-corrected chi connectivity index (χ2v) is 31.5. The summed E-state index contributed by atoms with van der Waals surface area (Å²) in [5, 5.41) is 30.5. The third kappa shape index (κ3) is 30.0. The predicted molar refractivity (Wildman–Crippen MR) is 436 cm³/mol. The number of nitrogens with zero attached hydrogens (tertiary/aromatic N) is 6. The van der Waals surface area contributed by atoms with Gasteiger partial charge in [0.05, 0.1) is 97.8 Å². The number of amides is 6. The molecule has 0 saturated heterocycles. The van der Waals surface area contributed by atoms with Crippen LogP contribution in [0.25, 0.3) is 33.8 Å². The monoisotopic (exact) mass is 1590 g/mol. The highest BCUT2D eigenvalue weighted by Gasteiger charge is 2.32. The Morgan fingerprint density at radius 3 is 0.851 bits per heavy atom. The fourth-order valence-electron chi connectivity index (χ4n) is 12.3. The zero-order chi connectivity index (χ0) is 85.4. The van der Waals surface area contributed by atoms with Crippen LogP contribution < -0.4 is 60.3 Å². The highest BCUT2D eigenvalue weighted by molar-refractivity contribution is 5.97. The first-order valence-electron chi connectivity index (χ1n) is 38.6. The van der Waals surface area contributed by atoms with Gasteiger partial charge in [-0.1, -0.05) is 122 Å². The standard InChI is InChI=1S/C29H44N4O6.C28H42N4O6.C27H40N4O6/c1-9-29(5,10-2)18-33-22(27-23(37-6)12-11-13-24(27)38-7)16-21(32-33)28(36)31-20(14-19(3)4)15-25(34)30-17-26(35)39-8;1-9-28(4,5)17-32-21(26-22(36-6)11-10-12-23(26)37-7)15-20(31-32)27(35)30-19(13-18(2)3)14-24(33)29-16-25(34)38-8;1-17(2)12-18(13-23(32)28-15-24(33)37-8)29-26(34)19-14-20(31(30-19)16-27(3,4)5)25-21(35-6)10-9-11-22(25)36-7/h11-13,16,19-20H,9-10,14-15,17-18H2,1-8H3,(H,30,34)(H,31,36);10-12,15,18-19H,9,13-14,16-17H2,1-8H3,(H,29,33)(H,30,35);9-11,14,17-18H,12-13,15-16H2,1-8H3,(H,28,32)(H,29,34)/t20-;19-;18-/m000/s1. The summed E-state index contributed by atoms with van der Waals surface area (Å²) in [6.07, 6.45) is 4.59. The van der Waals surface area contributed by atoms with Crippen molar-refractivity contribution in [2.75, 3.05) is 83.6 Å². The van der Waals surface area contributed by atoms with Gasteiger partial charge in [-0.2, -0.15) is 15.3 Å². The van der Waals surface area contributed by atoms with E-state index in [9.17, 15) is 43.2 Å². The maximum Gasteiger partial charge on any atom is 0.325 e. The molecule has 0 saturated carbocycles. The van der Waals surface area contributed by atoms with Crippen molar-refractivity contribution >= 4 is 53.4 Å². The van der Waals surface area contributed by atoms with Gasteiger partial charge < -0.3 is 74.5 Å². The van der Waals surface area contributed by atoms with Gasteiger partial charge >= 0.3 is 17.9 Å². The van der Waals surface area contributed by atoms with E-state index in [0.717, 1.165) is 19.3 Å². The topological polar surface area (TPSA) is 362 Å². The van der Waals surface area contributed by atoms with Crippen molar-refractivity contribution in [3.05, 3.63) is 89.9 Å². The van der Waals surface area contributed by atoms with E-state index in [4.69, 9.17) is 33.5 Å². The minimum atomic E-state index is -0.540. The minimum absolute atomic E-state index is 0.0246. The molecule has 0 aliphatic rings. The molecule has 30 nitrogen and oxygen atoms in total. The molecule has 3 aromatic carbocycles. The average molecular weight is 1590 g/mol. The van der Waals surface area contributed by atoms with Gasteiger partial charge in [-0.3, -0.25) is 57.2 Å². The third-order valence-corrected chi connectivity index (χ3v) is 19.0. The van der Waals surface area contributed by atoms with E-state index in [0.29, 0.717) is 107 Å². The Morgan fingerprint density at radius 1 is 0.377 bits per heavy atom. The van der Waals surface area contributed by atoms with E-state index in [2.05, 4.69) is 119 Å².